The van der Waals surface area contributed by atoms with Crippen LogP contribution >= 0.6 is 23.4 Å². The molecule has 1 N–H and O–H groups in total. The molecule has 0 amide bonds. The Morgan fingerprint density at radius 3 is 2.60 bits per heavy atom. The summed E-state index contributed by atoms with van der Waals surface area (Å²) in [6.45, 7) is 0. The molecule has 0 aliphatic carbocycles. The van der Waals surface area contributed by atoms with E-state index in [1.54, 1.807) is 6.26 Å². The van der Waals surface area contributed by atoms with E-state index in [4.69, 9.17) is 16.7 Å². The fourth-order valence-electron chi connectivity index (χ4n) is 1.01. The molecule has 0 fully saturated rings. The number of carbonyl (C=O) groups is 1. The highest BCUT2D eigenvalue weighted by atomic mass is 35.5. The Labute approximate surface area is 94.2 Å². The summed E-state index contributed by atoms with van der Waals surface area (Å²) in [7, 11) is 0. The summed E-state index contributed by atoms with van der Waals surface area (Å²) in [5.74, 6) is -1.20. The largest absolute Gasteiger partial charge is 0.478 e. The van der Waals surface area contributed by atoms with E-state index in [1.807, 2.05) is 0 Å². The SMILES string of the molecule is CSc1cc(C(=O)O)c(Cl)cc1[N+](=O)[O-]. The molecule has 5 nitrogen and oxygen atoms in total. The zero-order valence-corrected chi connectivity index (χ0v) is 9.13. The fourth-order valence-corrected chi connectivity index (χ4v) is 1.83. The number of nitro groups is 1. The van der Waals surface area contributed by atoms with Gasteiger partial charge in [0.1, 0.15) is 0 Å². The Morgan fingerprint density at radius 2 is 2.20 bits per heavy atom. The predicted molar refractivity (Wildman–Crippen MR) is 56.8 cm³/mol. The maximum absolute atomic E-state index is 10.7. The van der Waals surface area contributed by atoms with Crippen molar-refractivity contribution >= 4 is 35.0 Å². The van der Waals surface area contributed by atoms with Crippen LogP contribution < -0.4 is 0 Å². The third-order valence-electron chi connectivity index (χ3n) is 1.70. The second kappa shape index (κ2) is 4.50. The molecule has 0 bridgehead atoms. The molecular weight excluding hydrogens is 242 g/mol. The number of benzene rings is 1. The third-order valence-corrected chi connectivity index (χ3v) is 2.78. The van der Waals surface area contributed by atoms with E-state index >= 15 is 0 Å². The van der Waals surface area contributed by atoms with Gasteiger partial charge in [0.05, 0.1) is 20.4 Å². The molecular formula is C8H6ClNO4S. The average Bonchev–Trinajstić information content (AvgIpc) is 2.16. The Bertz CT molecular complexity index is 435. The molecule has 0 unspecified atom stereocenters. The van der Waals surface area contributed by atoms with Crippen molar-refractivity contribution in [1.29, 1.82) is 0 Å². The van der Waals surface area contributed by atoms with Gasteiger partial charge >= 0.3 is 5.97 Å². The Morgan fingerprint density at radius 1 is 1.60 bits per heavy atom. The van der Waals surface area contributed by atoms with Gasteiger partial charge in [-0.2, -0.15) is 0 Å². The topological polar surface area (TPSA) is 80.4 Å². The van der Waals surface area contributed by atoms with Gasteiger partial charge in [-0.15, -0.1) is 11.8 Å². The molecule has 15 heavy (non-hydrogen) atoms. The highest BCUT2D eigenvalue weighted by molar-refractivity contribution is 7.98. The van der Waals surface area contributed by atoms with Crippen LogP contribution in [0.25, 0.3) is 0 Å². The van der Waals surface area contributed by atoms with Crippen LogP contribution in [-0.4, -0.2) is 22.3 Å². The lowest BCUT2D eigenvalue weighted by Gasteiger charge is -2.03. The molecule has 0 saturated heterocycles. The van der Waals surface area contributed by atoms with E-state index in [1.165, 1.54) is 6.07 Å². The highest BCUT2D eigenvalue weighted by Gasteiger charge is 2.19. The lowest BCUT2D eigenvalue weighted by atomic mass is 10.2. The maximum Gasteiger partial charge on any atom is 0.337 e. The number of nitrogens with zero attached hydrogens (tertiary/aromatic N) is 1. The number of rotatable bonds is 3. The summed E-state index contributed by atoms with van der Waals surface area (Å²) in [5, 5.41) is 19.2. The second-order valence-electron chi connectivity index (χ2n) is 2.57. The standard InChI is InChI=1S/C8H6ClNO4S/c1-15-7-2-4(8(11)12)5(9)3-6(7)10(13)14/h2-3H,1H3,(H,11,12). The number of aromatic carboxylic acids is 1. The number of hydrogen-bond donors (Lipinski definition) is 1. The maximum atomic E-state index is 10.7. The minimum absolute atomic E-state index is 0.132. The van der Waals surface area contributed by atoms with Crippen LogP contribution in [0.4, 0.5) is 5.69 Å². The number of hydrogen-bond acceptors (Lipinski definition) is 4. The monoisotopic (exact) mass is 247 g/mol. The molecule has 80 valence electrons. The Hall–Kier alpha value is -1.27. The molecule has 7 heteroatoms. The van der Waals surface area contributed by atoms with E-state index < -0.39 is 10.9 Å². The molecule has 1 aromatic rings. The Kier molecular flexibility index (Phi) is 3.54. The van der Waals surface area contributed by atoms with Crippen LogP contribution in [0.3, 0.4) is 0 Å². The summed E-state index contributed by atoms with van der Waals surface area (Å²) >= 11 is 6.70. The quantitative estimate of drug-likeness (QED) is 0.505. The van der Waals surface area contributed by atoms with Crippen LogP contribution in [0, 0.1) is 10.1 Å². The fraction of sp³-hybridized carbons (Fsp3) is 0.125. The smallest absolute Gasteiger partial charge is 0.337 e. The van der Waals surface area contributed by atoms with E-state index in [0.29, 0.717) is 0 Å². The summed E-state index contributed by atoms with van der Waals surface area (Å²) in [6, 6.07) is 2.25. The van der Waals surface area contributed by atoms with Crippen molar-refractivity contribution in [1.82, 2.24) is 0 Å². The van der Waals surface area contributed by atoms with Crippen molar-refractivity contribution in [2.24, 2.45) is 0 Å². The van der Waals surface area contributed by atoms with Crippen LogP contribution in [0.5, 0.6) is 0 Å². The first kappa shape index (κ1) is 11.8. The molecule has 0 aliphatic rings. The van der Waals surface area contributed by atoms with Crippen molar-refractivity contribution in [2.75, 3.05) is 6.26 Å². The van der Waals surface area contributed by atoms with Gasteiger partial charge in [-0.25, -0.2) is 4.79 Å². The van der Waals surface area contributed by atoms with Crippen LogP contribution in [0.1, 0.15) is 10.4 Å². The first-order valence-electron chi connectivity index (χ1n) is 3.72. The zero-order chi connectivity index (χ0) is 11.6. The first-order chi connectivity index (χ1) is 6.97. The van der Waals surface area contributed by atoms with Gasteiger partial charge in [0.25, 0.3) is 5.69 Å². The van der Waals surface area contributed by atoms with Crippen LogP contribution in [-0.2, 0) is 0 Å². The molecule has 0 spiro atoms. The minimum atomic E-state index is -1.20. The number of nitro benzene ring substituents is 1. The van der Waals surface area contributed by atoms with Crippen molar-refractivity contribution in [3.05, 3.63) is 32.8 Å². The molecule has 0 aliphatic heterocycles. The minimum Gasteiger partial charge on any atom is -0.478 e. The third kappa shape index (κ3) is 2.40. The van der Waals surface area contributed by atoms with Gasteiger partial charge in [-0.1, -0.05) is 11.6 Å². The lowest BCUT2D eigenvalue weighted by molar-refractivity contribution is -0.387. The molecule has 1 rings (SSSR count). The van der Waals surface area contributed by atoms with Crippen LogP contribution in [0.2, 0.25) is 5.02 Å². The van der Waals surface area contributed by atoms with E-state index in [0.717, 1.165) is 17.8 Å². The molecule has 0 saturated carbocycles. The molecule has 0 aromatic heterocycles. The molecule has 0 radical (unpaired) electrons. The summed E-state index contributed by atoms with van der Waals surface area (Å²) < 4.78 is 0. The average molecular weight is 248 g/mol. The van der Waals surface area contributed by atoms with Crippen LogP contribution in [0.15, 0.2) is 17.0 Å². The van der Waals surface area contributed by atoms with Gasteiger partial charge in [-0.05, 0) is 12.3 Å². The van der Waals surface area contributed by atoms with Gasteiger partial charge in [-0.3, -0.25) is 10.1 Å². The zero-order valence-electron chi connectivity index (χ0n) is 7.56. The van der Waals surface area contributed by atoms with Crippen molar-refractivity contribution < 1.29 is 14.8 Å². The first-order valence-corrected chi connectivity index (χ1v) is 5.33. The number of carboxylic acids is 1. The number of halogens is 1. The van der Waals surface area contributed by atoms with E-state index in [-0.39, 0.29) is 21.2 Å². The highest BCUT2D eigenvalue weighted by Crippen LogP contribution is 2.32. The lowest BCUT2D eigenvalue weighted by Crippen LogP contribution is -2.00. The van der Waals surface area contributed by atoms with Crippen molar-refractivity contribution in [2.45, 2.75) is 4.90 Å². The molecule has 0 atom stereocenters. The normalized spacial score (nSPS) is 10.0. The summed E-state index contributed by atoms with van der Waals surface area (Å²) in [4.78, 5) is 21.0. The number of carboxylic acid groups (broad SMARTS) is 1. The van der Waals surface area contributed by atoms with Gasteiger partial charge in [0.2, 0.25) is 0 Å². The molecule has 0 heterocycles. The van der Waals surface area contributed by atoms with Gasteiger partial charge in [0, 0.05) is 6.07 Å². The predicted octanol–water partition coefficient (Wildman–Crippen LogP) is 2.67. The van der Waals surface area contributed by atoms with Crippen molar-refractivity contribution in [3.8, 4) is 0 Å². The second-order valence-corrected chi connectivity index (χ2v) is 3.82. The van der Waals surface area contributed by atoms with Crippen molar-refractivity contribution in [3.63, 3.8) is 0 Å². The Balaban J connectivity index is 3.42. The van der Waals surface area contributed by atoms with Gasteiger partial charge < -0.3 is 5.11 Å². The number of thioether (sulfide) groups is 1. The summed E-state index contributed by atoms with van der Waals surface area (Å²) in [6.07, 6.45) is 1.63. The van der Waals surface area contributed by atoms with E-state index in [2.05, 4.69) is 0 Å². The van der Waals surface area contributed by atoms with E-state index in [9.17, 15) is 14.9 Å². The molecule has 1 aromatic carbocycles. The van der Waals surface area contributed by atoms with Gasteiger partial charge in [0.15, 0.2) is 0 Å². The summed E-state index contributed by atoms with van der Waals surface area (Å²) in [5.41, 5.74) is -0.316.